The Labute approximate surface area is 102 Å². The molecule has 6 heteroatoms. The molecule has 3 N–H and O–H groups in total. The summed E-state index contributed by atoms with van der Waals surface area (Å²) >= 11 is 0. The van der Waals surface area contributed by atoms with E-state index < -0.39 is 24.0 Å². The fourth-order valence-electron chi connectivity index (χ4n) is 1.46. The molecule has 0 radical (unpaired) electrons. The zero-order valence-electron chi connectivity index (χ0n) is 10.9. The van der Waals surface area contributed by atoms with Gasteiger partial charge in [0, 0.05) is 6.54 Å². The van der Waals surface area contributed by atoms with Gasteiger partial charge in [0.25, 0.3) is 0 Å². The number of carbonyl (C=O) groups excluding carboxylic acids is 2. The molecule has 0 bridgehead atoms. The van der Waals surface area contributed by atoms with Crippen molar-refractivity contribution in [2.45, 2.75) is 32.4 Å². The summed E-state index contributed by atoms with van der Waals surface area (Å²) in [5.74, 6) is -0.589. The van der Waals surface area contributed by atoms with E-state index in [-0.39, 0.29) is 6.54 Å². The molecule has 0 heterocycles. The van der Waals surface area contributed by atoms with Gasteiger partial charge in [-0.05, 0) is 12.3 Å². The monoisotopic (exact) mass is 246 g/mol. The summed E-state index contributed by atoms with van der Waals surface area (Å²) in [4.78, 5) is 22.9. The van der Waals surface area contributed by atoms with Crippen LogP contribution in [-0.4, -0.2) is 44.8 Å². The average Bonchev–Trinajstić information content (AvgIpc) is 2.31. The number of ether oxygens (including phenoxy) is 2. The van der Waals surface area contributed by atoms with E-state index in [0.29, 0.717) is 12.3 Å². The summed E-state index contributed by atoms with van der Waals surface area (Å²) in [5, 5.41) is 2.86. The van der Waals surface area contributed by atoms with Gasteiger partial charge in [-0.2, -0.15) is 0 Å². The highest BCUT2D eigenvalue weighted by molar-refractivity contribution is 5.79. The van der Waals surface area contributed by atoms with Gasteiger partial charge < -0.3 is 15.2 Å². The van der Waals surface area contributed by atoms with Gasteiger partial charge in [-0.15, -0.1) is 0 Å². The van der Waals surface area contributed by atoms with Crippen molar-refractivity contribution in [3.8, 4) is 0 Å². The average molecular weight is 246 g/mol. The molecule has 0 aromatic carbocycles. The molecular weight excluding hydrogens is 224 g/mol. The maximum atomic E-state index is 11.5. The minimum Gasteiger partial charge on any atom is -0.468 e. The first-order valence-electron chi connectivity index (χ1n) is 5.58. The molecule has 0 aromatic heterocycles. The number of nitrogens with two attached hydrogens (primary N) is 1. The van der Waals surface area contributed by atoms with Crippen molar-refractivity contribution in [1.29, 1.82) is 0 Å². The number of methoxy groups -OCH3 is 2. The topological polar surface area (TPSA) is 90.6 Å². The summed E-state index contributed by atoms with van der Waals surface area (Å²) in [6.07, 6.45) is 0.570. The summed E-state index contributed by atoms with van der Waals surface area (Å²) in [5.41, 5.74) is 5.45. The zero-order valence-corrected chi connectivity index (χ0v) is 10.9. The highest BCUT2D eigenvalue weighted by atomic mass is 16.5. The lowest BCUT2D eigenvalue weighted by Crippen LogP contribution is -2.51. The molecule has 0 fully saturated rings. The Morgan fingerprint density at radius 2 is 1.59 bits per heavy atom. The van der Waals surface area contributed by atoms with E-state index in [2.05, 4.69) is 14.8 Å². The third kappa shape index (κ3) is 5.65. The fourth-order valence-corrected chi connectivity index (χ4v) is 1.46. The number of hydrogen-bond acceptors (Lipinski definition) is 6. The van der Waals surface area contributed by atoms with Gasteiger partial charge in [-0.1, -0.05) is 13.8 Å². The van der Waals surface area contributed by atoms with Crippen LogP contribution in [0.25, 0.3) is 0 Å². The van der Waals surface area contributed by atoms with Crippen LogP contribution in [-0.2, 0) is 19.1 Å². The van der Waals surface area contributed by atoms with Crippen LogP contribution in [0.3, 0.4) is 0 Å². The molecule has 0 spiro atoms. The second-order valence-electron chi connectivity index (χ2n) is 4.18. The Balaban J connectivity index is 4.59. The quantitative estimate of drug-likeness (QED) is 0.597. The lowest BCUT2D eigenvalue weighted by Gasteiger charge is -2.22. The minimum absolute atomic E-state index is 0.0677. The Morgan fingerprint density at radius 3 is 1.94 bits per heavy atom. The van der Waals surface area contributed by atoms with Crippen LogP contribution in [0.1, 0.15) is 20.3 Å². The van der Waals surface area contributed by atoms with E-state index >= 15 is 0 Å². The largest absolute Gasteiger partial charge is 0.468 e. The normalized spacial score (nSPS) is 14.2. The summed E-state index contributed by atoms with van der Waals surface area (Å²) in [6, 6.07) is -1.24. The Hall–Kier alpha value is -1.14. The summed E-state index contributed by atoms with van der Waals surface area (Å²) in [7, 11) is 2.59. The standard InChI is InChI=1S/C11H22N2O4/c1-7(2)5-8(10(14)16-3)13-9(6-12)11(15)17-4/h7-9,13H,5-6,12H2,1-4H3. The van der Waals surface area contributed by atoms with Crippen LogP contribution in [0.4, 0.5) is 0 Å². The molecular formula is C11H22N2O4. The van der Waals surface area contributed by atoms with E-state index in [1.54, 1.807) is 0 Å². The summed E-state index contributed by atoms with van der Waals surface area (Å²) in [6.45, 7) is 4.03. The predicted molar refractivity (Wildman–Crippen MR) is 63.3 cm³/mol. The van der Waals surface area contributed by atoms with Crippen molar-refractivity contribution in [2.75, 3.05) is 20.8 Å². The molecule has 100 valence electrons. The van der Waals surface area contributed by atoms with Gasteiger partial charge in [-0.3, -0.25) is 14.9 Å². The maximum absolute atomic E-state index is 11.5. The first-order valence-corrected chi connectivity index (χ1v) is 5.58. The molecule has 0 amide bonds. The number of hydrogen-bond donors (Lipinski definition) is 2. The molecule has 0 saturated heterocycles. The van der Waals surface area contributed by atoms with Crippen molar-refractivity contribution in [1.82, 2.24) is 5.32 Å². The molecule has 2 atom stereocenters. The number of rotatable bonds is 7. The number of carbonyl (C=O) groups is 2. The Morgan fingerprint density at radius 1 is 1.12 bits per heavy atom. The molecule has 0 aliphatic rings. The fraction of sp³-hybridized carbons (Fsp3) is 0.818. The lowest BCUT2D eigenvalue weighted by molar-refractivity contribution is -0.146. The minimum atomic E-state index is -0.692. The van der Waals surface area contributed by atoms with Crippen molar-refractivity contribution < 1.29 is 19.1 Å². The first-order chi connectivity index (χ1) is 7.96. The van der Waals surface area contributed by atoms with E-state index in [1.165, 1.54) is 14.2 Å². The van der Waals surface area contributed by atoms with E-state index in [1.807, 2.05) is 13.8 Å². The smallest absolute Gasteiger partial charge is 0.324 e. The van der Waals surface area contributed by atoms with Gasteiger partial charge in [0.15, 0.2) is 0 Å². The van der Waals surface area contributed by atoms with E-state index in [9.17, 15) is 9.59 Å². The maximum Gasteiger partial charge on any atom is 0.324 e. The first kappa shape index (κ1) is 15.9. The molecule has 0 rings (SSSR count). The van der Waals surface area contributed by atoms with Crippen molar-refractivity contribution in [3.05, 3.63) is 0 Å². The molecule has 0 aromatic rings. The predicted octanol–water partition coefficient (Wildman–Crippen LogP) is -0.336. The van der Waals surface area contributed by atoms with Gasteiger partial charge in [0.2, 0.25) is 0 Å². The number of esters is 2. The zero-order chi connectivity index (χ0) is 13.4. The Bertz CT molecular complexity index is 256. The van der Waals surface area contributed by atoms with Crippen LogP contribution >= 0.6 is 0 Å². The van der Waals surface area contributed by atoms with Gasteiger partial charge >= 0.3 is 11.9 Å². The summed E-state index contributed by atoms with van der Waals surface area (Å²) < 4.78 is 9.27. The van der Waals surface area contributed by atoms with Crippen molar-refractivity contribution in [3.63, 3.8) is 0 Å². The highest BCUT2D eigenvalue weighted by Gasteiger charge is 2.27. The third-order valence-corrected chi connectivity index (χ3v) is 2.32. The van der Waals surface area contributed by atoms with Crippen molar-refractivity contribution in [2.24, 2.45) is 11.7 Å². The van der Waals surface area contributed by atoms with Crippen LogP contribution in [0.2, 0.25) is 0 Å². The molecule has 0 saturated carbocycles. The Kier molecular flexibility index (Phi) is 7.49. The van der Waals surface area contributed by atoms with Crippen molar-refractivity contribution >= 4 is 11.9 Å². The molecule has 0 aliphatic carbocycles. The van der Waals surface area contributed by atoms with E-state index in [0.717, 1.165) is 0 Å². The third-order valence-electron chi connectivity index (χ3n) is 2.32. The van der Waals surface area contributed by atoms with Crippen LogP contribution in [0, 0.1) is 5.92 Å². The molecule has 6 nitrogen and oxygen atoms in total. The molecule has 0 aliphatic heterocycles. The van der Waals surface area contributed by atoms with Gasteiger partial charge in [-0.25, -0.2) is 0 Å². The number of nitrogens with one attached hydrogen (secondary N) is 1. The lowest BCUT2D eigenvalue weighted by atomic mass is 10.0. The van der Waals surface area contributed by atoms with Crippen LogP contribution in [0.15, 0.2) is 0 Å². The highest BCUT2D eigenvalue weighted by Crippen LogP contribution is 2.07. The second kappa shape index (κ2) is 8.03. The second-order valence-corrected chi connectivity index (χ2v) is 4.18. The van der Waals surface area contributed by atoms with Gasteiger partial charge in [0.1, 0.15) is 12.1 Å². The van der Waals surface area contributed by atoms with Crippen LogP contribution in [0.5, 0.6) is 0 Å². The molecule has 2 unspecified atom stereocenters. The van der Waals surface area contributed by atoms with Crippen LogP contribution < -0.4 is 11.1 Å². The van der Waals surface area contributed by atoms with Gasteiger partial charge in [0.05, 0.1) is 14.2 Å². The van der Waals surface area contributed by atoms with E-state index in [4.69, 9.17) is 5.73 Å². The SMILES string of the molecule is COC(=O)C(CN)NC(CC(C)C)C(=O)OC. The molecule has 17 heavy (non-hydrogen) atoms.